The molecule has 3 rings (SSSR count). The lowest BCUT2D eigenvalue weighted by Crippen LogP contribution is -2.65. The monoisotopic (exact) mass is 877 g/mol. The summed E-state index contributed by atoms with van der Waals surface area (Å²) in [7, 11) is 0. The Bertz CT molecular complexity index is 1970. The SMILES string of the molecule is [2H]CC(C)(C)C(=O)OC[C@H]1OC(Oc2n[nH]c(C(C)C)c2Cc2ccc(OCCCNCCC(N)=O)cc2C)[C@H](OC(=O)C(C)(C)C[2H])[C@@H](OC(=O)C(C)(C)C[2H])[C@@H]1OC(=O)C(C)(C)C[2H]. The molecule has 1 amide bonds. The van der Waals surface area contributed by atoms with Crippen LogP contribution in [0.1, 0.15) is 143 Å². The second kappa shape index (κ2) is 21.1. The van der Waals surface area contributed by atoms with Gasteiger partial charge in [-0.05, 0) is 132 Å². The first-order valence-electron chi connectivity index (χ1n) is 23.7. The Labute approximate surface area is 372 Å². The van der Waals surface area contributed by atoms with Gasteiger partial charge in [-0.3, -0.25) is 29.1 Å². The number of amides is 1. The van der Waals surface area contributed by atoms with Gasteiger partial charge in [0, 0.05) is 36.1 Å². The van der Waals surface area contributed by atoms with E-state index in [1.54, 1.807) is 0 Å². The molecule has 16 nitrogen and oxygen atoms in total. The quantitative estimate of drug-likeness (QED) is 0.0860. The van der Waals surface area contributed by atoms with Gasteiger partial charge in [0.05, 0.1) is 28.3 Å². The number of benzene rings is 1. The maximum absolute atomic E-state index is 14.0. The number of nitrogens with zero attached hydrogens (tertiary/aromatic N) is 1. The summed E-state index contributed by atoms with van der Waals surface area (Å²) in [4.78, 5) is 66.0. The van der Waals surface area contributed by atoms with Crippen LogP contribution < -0.4 is 20.5 Å². The summed E-state index contributed by atoms with van der Waals surface area (Å²) >= 11 is 0. The van der Waals surface area contributed by atoms with Gasteiger partial charge in [-0.2, -0.15) is 0 Å². The molecule has 1 saturated heterocycles. The molecular formula is C46H72N4O12. The number of hydrogen-bond donors (Lipinski definition) is 3. The second-order valence-corrected chi connectivity index (χ2v) is 18.9. The highest BCUT2D eigenvalue weighted by Crippen LogP contribution is 2.37. The molecule has 348 valence electrons. The largest absolute Gasteiger partial charge is 0.494 e. The number of aromatic nitrogens is 2. The molecule has 1 unspecified atom stereocenters. The highest BCUT2D eigenvalue weighted by molar-refractivity contribution is 5.78. The van der Waals surface area contributed by atoms with Gasteiger partial charge in [0.25, 0.3) is 0 Å². The molecule has 2 aromatic rings. The summed E-state index contributed by atoms with van der Waals surface area (Å²) in [6.07, 6.45) is -6.99. The Hall–Kier alpha value is -4.70. The summed E-state index contributed by atoms with van der Waals surface area (Å²) in [6.45, 7) is 17.2. The van der Waals surface area contributed by atoms with Gasteiger partial charge < -0.3 is 44.2 Å². The van der Waals surface area contributed by atoms with Crippen molar-refractivity contribution in [3.8, 4) is 11.6 Å². The molecule has 16 heteroatoms. The molecule has 0 radical (unpaired) electrons. The third-order valence-corrected chi connectivity index (χ3v) is 9.57. The number of rotatable bonds is 18. The minimum Gasteiger partial charge on any atom is -0.494 e. The lowest BCUT2D eigenvalue weighted by atomic mass is 9.93. The van der Waals surface area contributed by atoms with E-state index in [1.165, 1.54) is 55.4 Å². The normalized spacial score (nSPS) is 20.5. The van der Waals surface area contributed by atoms with E-state index in [-0.39, 0.29) is 31.0 Å². The van der Waals surface area contributed by atoms with E-state index in [9.17, 15) is 24.0 Å². The van der Waals surface area contributed by atoms with Gasteiger partial charge in [0.2, 0.25) is 24.2 Å². The zero-order chi connectivity index (χ0) is 49.8. The summed E-state index contributed by atoms with van der Waals surface area (Å²) in [5.74, 6) is -3.27. The lowest BCUT2D eigenvalue weighted by Gasteiger charge is -2.45. The van der Waals surface area contributed by atoms with Crippen LogP contribution in [0.3, 0.4) is 0 Å². The minimum absolute atomic E-state index is 0.0292. The Balaban J connectivity index is 2.17. The first-order valence-corrected chi connectivity index (χ1v) is 20.8. The van der Waals surface area contributed by atoms with Gasteiger partial charge in [0.1, 0.15) is 18.5 Å². The molecule has 0 spiro atoms. The molecule has 1 aromatic carbocycles. The van der Waals surface area contributed by atoms with Gasteiger partial charge in [0.15, 0.2) is 12.2 Å². The number of aromatic amines is 1. The second-order valence-electron chi connectivity index (χ2n) is 18.9. The van der Waals surface area contributed by atoms with Crippen molar-refractivity contribution in [1.29, 1.82) is 0 Å². The van der Waals surface area contributed by atoms with Crippen LogP contribution in [0.25, 0.3) is 0 Å². The van der Waals surface area contributed by atoms with Crippen LogP contribution in [0.15, 0.2) is 18.2 Å². The zero-order valence-electron chi connectivity index (χ0n) is 42.4. The highest BCUT2D eigenvalue weighted by Gasteiger charge is 2.56. The number of nitrogens with two attached hydrogens (primary N) is 1. The van der Waals surface area contributed by atoms with Crippen LogP contribution in [0, 0.1) is 28.6 Å². The third-order valence-electron chi connectivity index (χ3n) is 9.57. The first kappa shape index (κ1) is 45.3. The maximum Gasteiger partial charge on any atom is 0.311 e. The smallest absolute Gasteiger partial charge is 0.311 e. The summed E-state index contributed by atoms with van der Waals surface area (Å²) in [6, 6.07) is 5.68. The predicted molar refractivity (Wildman–Crippen MR) is 231 cm³/mol. The minimum atomic E-state index is -1.72. The lowest BCUT2D eigenvalue weighted by molar-refractivity contribution is -0.294. The molecule has 1 aliphatic heterocycles. The van der Waals surface area contributed by atoms with Crippen molar-refractivity contribution < 1.29 is 62.6 Å². The van der Waals surface area contributed by atoms with Crippen molar-refractivity contribution in [3.05, 3.63) is 40.6 Å². The van der Waals surface area contributed by atoms with Crippen LogP contribution in [-0.2, 0) is 54.1 Å². The average molecular weight is 877 g/mol. The summed E-state index contributed by atoms with van der Waals surface area (Å²) < 4.78 is 75.2. The number of carbonyl (C=O) groups is 5. The van der Waals surface area contributed by atoms with Crippen molar-refractivity contribution >= 4 is 29.8 Å². The topological polar surface area (TPSA) is 217 Å². The molecule has 0 bridgehead atoms. The third kappa shape index (κ3) is 15.0. The van der Waals surface area contributed by atoms with Crippen molar-refractivity contribution in [2.24, 2.45) is 27.4 Å². The van der Waals surface area contributed by atoms with E-state index in [2.05, 4.69) is 15.5 Å². The standard InChI is InChI=1S/C46H72N4O12/c1-26(2)33-30(24-28-17-18-29(23-27(28)3)56-22-16-20-48-21-19-32(47)51)37(50-49-33)62-38-36(61-42(55)46(13,14)15)35(60-41(54)45(10,11)12)34(59-40(53)44(7,8)9)31(58-38)25-57-39(52)43(4,5)6/h17-18,23,26,31,34-36,38,48H,16,19-22,24-25H2,1-15H3,(H2,47,51)(H,49,50)/t31-,34-,35+,36-,38?/m1/s1/i4D,7D,10D,13D. The first-order chi connectivity index (χ1) is 30.7. The van der Waals surface area contributed by atoms with Gasteiger partial charge in [-0.25, -0.2) is 0 Å². The number of hydrogen-bond acceptors (Lipinski definition) is 14. The Morgan fingerprint density at radius 2 is 1.40 bits per heavy atom. The van der Waals surface area contributed by atoms with Crippen molar-refractivity contribution in [2.75, 3.05) is 26.3 Å². The number of primary amides is 1. The molecule has 1 fully saturated rings. The average Bonchev–Trinajstić information content (AvgIpc) is 3.66. The zero-order valence-corrected chi connectivity index (χ0v) is 38.4. The summed E-state index contributed by atoms with van der Waals surface area (Å²) in [5.41, 5.74) is 2.86. The molecule has 4 N–H and O–H groups in total. The van der Waals surface area contributed by atoms with E-state index >= 15 is 0 Å². The predicted octanol–water partition coefficient (Wildman–Crippen LogP) is 6.23. The fraction of sp³-hybridized carbons (Fsp3) is 0.696. The molecule has 2 heterocycles. The van der Waals surface area contributed by atoms with Crippen LogP contribution in [0.2, 0.25) is 0 Å². The number of ether oxygens (including phenoxy) is 7. The maximum atomic E-state index is 14.0. The van der Waals surface area contributed by atoms with Crippen molar-refractivity contribution in [2.45, 2.75) is 160 Å². The Kier molecular flexibility index (Phi) is 15.4. The number of H-pyrrole nitrogens is 1. The highest BCUT2D eigenvalue weighted by atomic mass is 16.7. The van der Waals surface area contributed by atoms with E-state index < -0.39 is 104 Å². The van der Waals surface area contributed by atoms with E-state index in [0.29, 0.717) is 49.5 Å². The van der Waals surface area contributed by atoms with E-state index in [1.807, 2.05) is 39.0 Å². The molecular weight excluding hydrogens is 801 g/mol. The fourth-order valence-corrected chi connectivity index (χ4v) is 5.80. The Morgan fingerprint density at radius 3 is 1.95 bits per heavy atom. The molecule has 0 aliphatic carbocycles. The van der Waals surface area contributed by atoms with Gasteiger partial charge in [-0.15, -0.1) is 5.10 Å². The van der Waals surface area contributed by atoms with Crippen LogP contribution in [-0.4, -0.2) is 97.0 Å². The molecule has 5 atom stereocenters. The number of aryl methyl sites for hydroxylation is 1. The molecule has 0 saturated carbocycles. The molecule has 1 aromatic heterocycles. The van der Waals surface area contributed by atoms with Crippen LogP contribution >= 0.6 is 0 Å². The van der Waals surface area contributed by atoms with Gasteiger partial charge in [-0.1, -0.05) is 19.9 Å². The fourth-order valence-electron chi connectivity index (χ4n) is 5.80. The van der Waals surface area contributed by atoms with Crippen LogP contribution in [0.5, 0.6) is 11.6 Å². The summed E-state index contributed by atoms with van der Waals surface area (Å²) in [5, 5.41) is 10.7. The van der Waals surface area contributed by atoms with Crippen molar-refractivity contribution in [1.82, 2.24) is 15.5 Å². The van der Waals surface area contributed by atoms with Gasteiger partial charge >= 0.3 is 23.9 Å². The van der Waals surface area contributed by atoms with Crippen molar-refractivity contribution in [3.63, 3.8) is 0 Å². The van der Waals surface area contributed by atoms with Crippen LogP contribution in [0.4, 0.5) is 0 Å². The number of nitrogens with one attached hydrogen (secondary N) is 2. The molecule has 1 aliphatic rings. The number of carbonyl (C=O) groups excluding carboxylic acids is 5. The van der Waals surface area contributed by atoms with E-state index in [0.717, 1.165) is 11.1 Å². The molecule has 62 heavy (non-hydrogen) atoms. The Morgan fingerprint density at radius 1 is 0.839 bits per heavy atom. The van der Waals surface area contributed by atoms with E-state index in [4.69, 9.17) is 44.4 Å². The number of esters is 4.